The Bertz CT molecular complexity index is 960. The van der Waals surface area contributed by atoms with Gasteiger partial charge in [-0.2, -0.15) is 4.80 Å². The van der Waals surface area contributed by atoms with Crippen molar-refractivity contribution in [3.05, 3.63) is 66.0 Å². The van der Waals surface area contributed by atoms with E-state index in [1.54, 1.807) is 12.0 Å². The molecular weight excluding hydrogens is 370 g/mol. The average molecular weight is 393 g/mol. The van der Waals surface area contributed by atoms with E-state index in [1.807, 2.05) is 54.6 Å². The summed E-state index contributed by atoms with van der Waals surface area (Å²) >= 11 is 0. The van der Waals surface area contributed by atoms with Crippen LogP contribution in [0.2, 0.25) is 0 Å². The predicted octanol–water partition coefficient (Wildman–Crippen LogP) is 2.20. The molecule has 1 amide bonds. The second kappa shape index (κ2) is 8.93. The number of amides is 1. The van der Waals surface area contributed by atoms with E-state index in [0.29, 0.717) is 44.2 Å². The minimum absolute atomic E-state index is 0.0251. The lowest BCUT2D eigenvalue weighted by atomic mass is 10.0. The van der Waals surface area contributed by atoms with Gasteiger partial charge in [-0.3, -0.25) is 4.79 Å². The molecule has 1 saturated heterocycles. The molecule has 150 valence electrons. The third kappa shape index (κ3) is 4.49. The second-order valence-electron chi connectivity index (χ2n) is 6.79. The summed E-state index contributed by atoms with van der Waals surface area (Å²) < 4.78 is 10.8. The lowest BCUT2D eigenvalue weighted by Crippen LogP contribution is -2.42. The summed E-state index contributed by atoms with van der Waals surface area (Å²) in [4.78, 5) is 16.4. The summed E-state index contributed by atoms with van der Waals surface area (Å²) in [5.74, 6) is 0.458. The number of nitrogens with zero attached hydrogens (tertiary/aromatic N) is 5. The Balaban J connectivity index is 1.47. The van der Waals surface area contributed by atoms with Crippen LogP contribution in [0.5, 0.6) is 0 Å². The molecule has 0 saturated carbocycles. The van der Waals surface area contributed by atoms with Gasteiger partial charge < -0.3 is 14.4 Å². The molecule has 1 unspecified atom stereocenters. The molecule has 1 aliphatic rings. The van der Waals surface area contributed by atoms with Crippen LogP contribution in [-0.2, 0) is 16.0 Å². The molecule has 3 aromatic rings. The fourth-order valence-corrected chi connectivity index (χ4v) is 3.29. The maximum Gasteiger partial charge on any atom is 0.254 e. The van der Waals surface area contributed by atoms with Gasteiger partial charge in [0, 0.05) is 19.2 Å². The fraction of sp³-hybridized carbons (Fsp3) is 0.333. The Morgan fingerprint density at radius 2 is 2.00 bits per heavy atom. The van der Waals surface area contributed by atoms with E-state index in [-0.39, 0.29) is 12.0 Å². The van der Waals surface area contributed by atoms with Crippen LogP contribution < -0.4 is 0 Å². The molecule has 1 fully saturated rings. The molecule has 29 heavy (non-hydrogen) atoms. The van der Waals surface area contributed by atoms with Crippen molar-refractivity contribution >= 4 is 5.91 Å². The Labute approximate surface area is 169 Å². The van der Waals surface area contributed by atoms with Crippen LogP contribution in [0.25, 0.3) is 11.1 Å². The summed E-state index contributed by atoms with van der Waals surface area (Å²) in [6.45, 7) is 2.38. The summed E-state index contributed by atoms with van der Waals surface area (Å²) in [7, 11) is 1.62. The SMILES string of the molecule is COCCn1nnc(C2CN(C(=O)c3cccc(-c4ccccc4)c3)CCO2)n1. The van der Waals surface area contributed by atoms with Crippen LogP contribution in [-0.4, -0.2) is 64.4 Å². The van der Waals surface area contributed by atoms with Crippen molar-refractivity contribution in [2.24, 2.45) is 0 Å². The van der Waals surface area contributed by atoms with Crippen LogP contribution >= 0.6 is 0 Å². The molecule has 8 heteroatoms. The number of morpholine rings is 1. The fourth-order valence-electron chi connectivity index (χ4n) is 3.29. The first-order valence-electron chi connectivity index (χ1n) is 9.57. The lowest BCUT2D eigenvalue weighted by Gasteiger charge is -2.31. The number of aromatic nitrogens is 4. The van der Waals surface area contributed by atoms with Crippen LogP contribution in [0, 0.1) is 0 Å². The third-order valence-electron chi connectivity index (χ3n) is 4.82. The molecule has 0 N–H and O–H groups in total. The first kappa shape index (κ1) is 19.2. The maximum absolute atomic E-state index is 13.1. The van der Waals surface area contributed by atoms with Crippen LogP contribution in [0.4, 0.5) is 0 Å². The van der Waals surface area contributed by atoms with E-state index in [2.05, 4.69) is 15.4 Å². The number of hydrogen-bond acceptors (Lipinski definition) is 6. The zero-order valence-corrected chi connectivity index (χ0v) is 16.3. The Kier molecular flexibility index (Phi) is 5.92. The number of methoxy groups -OCH3 is 1. The predicted molar refractivity (Wildman–Crippen MR) is 106 cm³/mol. The van der Waals surface area contributed by atoms with Gasteiger partial charge in [-0.25, -0.2) is 0 Å². The number of benzene rings is 2. The Morgan fingerprint density at radius 3 is 2.83 bits per heavy atom. The molecule has 1 aromatic heterocycles. The van der Waals surface area contributed by atoms with Crippen molar-refractivity contribution in [2.45, 2.75) is 12.6 Å². The second-order valence-corrected chi connectivity index (χ2v) is 6.79. The van der Waals surface area contributed by atoms with Crippen LogP contribution in [0.3, 0.4) is 0 Å². The van der Waals surface area contributed by atoms with Gasteiger partial charge in [-0.15, -0.1) is 10.2 Å². The van der Waals surface area contributed by atoms with Gasteiger partial charge in [0.1, 0.15) is 6.10 Å². The van der Waals surface area contributed by atoms with Crippen molar-refractivity contribution in [1.29, 1.82) is 0 Å². The van der Waals surface area contributed by atoms with E-state index in [9.17, 15) is 4.79 Å². The molecule has 0 radical (unpaired) electrons. The van der Waals surface area contributed by atoms with Crippen molar-refractivity contribution in [3.63, 3.8) is 0 Å². The Morgan fingerprint density at radius 1 is 1.17 bits per heavy atom. The summed E-state index contributed by atoms with van der Waals surface area (Å²) in [5, 5.41) is 12.4. The largest absolute Gasteiger partial charge is 0.383 e. The molecule has 1 atom stereocenters. The molecular formula is C21H23N5O3. The number of carbonyl (C=O) groups is 1. The van der Waals surface area contributed by atoms with Crippen LogP contribution in [0.1, 0.15) is 22.3 Å². The zero-order chi connectivity index (χ0) is 20.1. The maximum atomic E-state index is 13.1. The quantitative estimate of drug-likeness (QED) is 0.639. The molecule has 4 rings (SSSR count). The van der Waals surface area contributed by atoms with E-state index in [1.165, 1.54) is 4.80 Å². The minimum Gasteiger partial charge on any atom is -0.383 e. The molecule has 2 aromatic carbocycles. The monoisotopic (exact) mass is 393 g/mol. The molecule has 2 heterocycles. The highest BCUT2D eigenvalue weighted by atomic mass is 16.5. The van der Waals surface area contributed by atoms with Gasteiger partial charge in [0.15, 0.2) is 0 Å². The standard InChI is InChI=1S/C21H23N5O3/c1-28-12-11-26-23-20(22-24-26)19-15-25(10-13-29-19)21(27)18-9-5-8-17(14-18)16-6-3-2-4-7-16/h2-9,14,19H,10-13,15H2,1H3. The topological polar surface area (TPSA) is 82.4 Å². The number of tetrazole rings is 1. The molecule has 0 aliphatic carbocycles. The number of carbonyl (C=O) groups excluding carboxylic acids is 1. The smallest absolute Gasteiger partial charge is 0.254 e. The van der Waals surface area contributed by atoms with Gasteiger partial charge in [0.25, 0.3) is 5.91 Å². The molecule has 1 aliphatic heterocycles. The summed E-state index contributed by atoms with van der Waals surface area (Å²) in [6.07, 6.45) is -0.388. The lowest BCUT2D eigenvalue weighted by molar-refractivity contribution is -0.0269. The average Bonchev–Trinajstić information content (AvgIpc) is 3.27. The third-order valence-corrected chi connectivity index (χ3v) is 4.82. The van der Waals surface area contributed by atoms with Crippen molar-refractivity contribution in [1.82, 2.24) is 25.1 Å². The molecule has 0 spiro atoms. The highest BCUT2D eigenvalue weighted by Crippen LogP contribution is 2.23. The highest BCUT2D eigenvalue weighted by Gasteiger charge is 2.29. The number of rotatable bonds is 6. The number of hydrogen-bond donors (Lipinski definition) is 0. The van der Waals surface area contributed by atoms with E-state index in [0.717, 1.165) is 11.1 Å². The van der Waals surface area contributed by atoms with Gasteiger partial charge in [-0.05, 0) is 28.5 Å². The highest BCUT2D eigenvalue weighted by molar-refractivity contribution is 5.95. The summed E-state index contributed by atoms with van der Waals surface area (Å²) in [5.41, 5.74) is 2.76. The van der Waals surface area contributed by atoms with Crippen molar-refractivity contribution < 1.29 is 14.3 Å². The van der Waals surface area contributed by atoms with E-state index >= 15 is 0 Å². The Hall–Kier alpha value is -3.10. The minimum atomic E-state index is -0.388. The zero-order valence-electron chi connectivity index (χ0n) is 16.3. The van der Waals surface area contributed by atoms with Crippen molar-refractivity contribution in [3.8, 4) is 11.1 Å². The molecule has 0 bridgehead atoms. The molecule has 8 nitrogen and oxygen atoms in total. The van der Waals surface area contributed by atoms with Crippen molar-refractivity contribution in [2.75, 3.05) is 33.4 Å². The first-order chi connectivity index (χ1) is 14.2. The van der Waals surface area contributed by atoms with Gasteiger partial charge in [-0.1, -0.05) is 42.5 Å². The number of ether oxygens (including phenoxy) is 2. The summed E-state index contributed by atoms with van der Waals surface area (Å²) in [6, 6.07) is 17.7. The normalized spacial score (nSPS) is 16.7. The van der Waals surface area contributed by atoms with Gasteiger partial charge in [0.05, 0.1) is 26.3 Å². The van der Waals surface area contributed by atoms with E-state index < -0.39 is 0 Å². The van der Waals surface area contributed by atoms with Crippen LogP contribution in [0.15, 0.2) is 54.6 Å². The van der Waals surface area contributed by atoms with E-state index in [4.69, 9.17) is 9.47 Å². The van der Waals surface area contributed by atoms with Gasteiger partial charge >= 0.3 is 0 Å². The first-order valence-corrected chi connectivity index (χ1v) is 9.57. The van der Waals surface area contributed by atoms with Gasteiger partial charge in [0.2, 0.25) is 5.82 Å².